The fourth-order valence-corrected chi connectivity index (χ4v) is 4.46. The number of likely N-dealkylation sites (N-methyl/N-ethyl adjacent to an activating group) is 1. The summed E-state index contributed by atoms with van der Waals surface area (Å²) in [6.45, 7) is 5.82. The van der Waals surface area contributed by atoms with E-state index in [2.05, 4.69) is 40.1 Å². The highest BCUT2D eigenvalue weighted by molar-refractivity contribution is 5.74. The molecule has 0 aliphatic carbocycles. The SMILES string of the molecule is CC(=O)N1[C@H](CN(C)C)C[C@@H]2CN(Cc3cnn(C)c3)CC[C@@H]21. The van der Waals surface area contributed by atoms with Crippen LogP contribution in [0.1, 0.15) is 25.3 Å². The zero-order valence-electron chi connectivity index (χ0n) is 14.8. The number of hydrogen-bond acceptors (Lipinski definition) is 4. The van der Waals surface area contributed by atoms with Gasteiger partial charge in [0.15, 0.2) is 0 Å². The van der Waals surface area contributed by atoms with E-state index in [9.17, 15) is 4.79 Å². The zero-order chi connectivity index (χ0) is 16.6. The van der Waals surface area contributed by atoms with Gasteiger partial charge in [0.2, 0.25) is 5.91 Å². The van der Waals surface area contributed by atoms with Gasteiger partial charge in [-0.1, -0.05) is 0 Å². The van der Waals surface area contributed by atoms with Gasteiger partial charge in [-0.2, -0.15) is 5.10 Å². The van der Waals surface area contributed by atoms with E-state index in [0.29, 0.717) is 18.0 Å². The maximum absolute atomic E-state index is 12.2. The lowest BCUT2D eigenvalue weighted by Gasteiger charge is -2.38. The quantitative estimate of drug-likeness (QED) is 0.823. The summed E-state index contributed by atoms with van der Waals surface area (Å²) in [6, 6.07) is 0.804. The molecular weight excluding hydrogens is 290 g/mol. The Balaban J connectivity index is 1.65. The van der Waals surface area contributed by atoms with E-state index in [-0.39, 0.29) is 5.91 Å². The normalized spacial score (nSPS) is 28.4. The molecule has 2 fully saturated rings. The molecule has 2 aliphatic heterocycles. The van der Waals surface area contributed by atoms with Crippen LogP contribution < -0.4 is 0 Å². The van der Waals surface area contributed by atoms with Crippen LogP contribution in [0.25, 0.3) is 0 Å². The van der Waals surface area contributed by atoms with E-state index >= 15 is 0 Å². The van der Waals surface area contributed by atoms with Crippen LogP contribution in [0, 0.1) is 5.92 Å². The molecule has 2 saturated heterocycles. The molecule has 0 unspecified atom stereocenters. The first kappa shape index (κ1) is 16.5. The monoisotopic (exact) mass is 319 g/mol. The van der Waals surface area contributed by atoms with Gasteiger partial charge in [-0.3, -0.25) is 14.4 Å². The summed E-state index contributed by atoms with van der Waals surface area (Å²) in [5.41, 5.74) is 1.28. The van der Waals surface area contributed by atoms with Gasteiger partial charge in [-0.05, 0) is 32.9 Å². The van der Waals surface area contributed by atoms with E-state index in [1.165, 1.54) is 5.56 Å². The van der Waals surface area contributed by atoms with Crippen molar-refractivity contribution in [1.29, 1.82) is 0 Å². The minimum atomic E-state index is 0.241. The molecule has 2 aliphatic rings. The van der Waals surface area contributed by atoms with Crippen molar-refractivity contribution in [2.75, 3.05) is 33.7 Å². The van der Waals surface area contributed by atoms with Gasteiger partial charge < -0.3 is 9.80 Å². The van der Waals surface area contributed by atoms with E-state index < -0.39 is 0 Å². The molecule has 0 radical (unpaired) electrons. The van der Waals surface area contributed by atoms with Gasteiger partial charge in [0.1, 0.15) is 0 Å². The summed E-state index contributed by atoms with van der Waals surface area (Å²) < 4.78 is 1.86. The summed E-state index contributed by atoms with van der Waals surface area (Å²) in [5.74, 6) is 0.847. The second-order valence-corrected chi connectivity index (χ2v) is 7.45. The lowest BCUT2D eigenvalue weighted by atomic mass is 9.92. The van der Waals surface area contributed by atoms with Crippen molar-refractivity contribution in [3.8, 4) is 0 Å². The molecule has 23 heavy (non-hydrogen) atoms. The largest absolute Gasteiger partial charge is 0.335 e. The Morgan fingerprint density at radius 3 is 2.83 bits per heavy atom. The maximum atomic E-state index is 12.2. The summed E-state index contributed by atoms with van der Waals surface area (Å²) in [6.07, 6.45) is 6.27. The minimum absolute atomic E-state index is 0.241. The van der Waals surface area contributed by atoms with Crippen molar-refractivity contribution in [2.24, 2.45) is 13.0 Å². The molecule has 128 valence electrons. The number of carbonyl (C=O) groups is 1. The first-order chi connectivity index (χ1) is 10.9. The van der Waals surface area contributed by atoms with Gasteiger partial charge in [0, 0.05) is 64.0 Å². The third-order valence-electron chi connectivity index (χ3n) is 5.21. The lowest BCUT2D eigenvalue weighted by Crippen LogP contribution is -2.49. The first-order valence-corrected chi connectivity index (χ1v) is 8.57. The number of nitrogens with zero attached hydrogens (tertiary/aromatic N) is 5. The molecule has 6 nitrogen and oxygen atoms in total. The van der Waals surface area contributed by atoms with Crippen LogP contribution in [0.15, 0.2) is 12.4 Å². The molecule has 6 heteroatoms. The molecule has 0 saturated carbocycles. The van der Waals surface area contributed by atoms with E-state index in [4.69, 9.17) is 0 Å². The Morgan fingerprint density at radius 1 is 1.43 bits per heavy atom. The summed E-state index contributed by atoms with van der Waals surface area (Å²) >= 11 is 0. The first-order valence-electron chi connectivity index (χ1n) is 8.57. The Morgan fingerprint density at radius 2 is 2.22 bits per heavy atom. The van der Waals surface area contributed by atoms with Crippen LogP contribution in [-0.2, 0) is 18.4 Å². The number of piperidine rings is 1. The Bertz CT molecular complexity index is 555. The van der Waals surface area contributed by atoms with Gasteiger partial charge in [0.25, 0.3) is 0 Å². The molecule has 1 aromatic rings. The molecule has 0 N–H and O–H groups in total. The highest BCUT2D eigenvalue weighted by Gasteiger charge is 2.44. The van der Waals surface area contributed by atoms with Crippen molar-refractivity contribution < 1.29 is 4.79 Å². The number of carbonyl (C=O) groups excluding carboxylic acids is 1. The smallest absolute Gasteiger partial charge is 0.219 e. The number of aromatic nitrogens is 2. The van der Waals surface area contributed by atoms with Crippen molar-refractivity contribution in [2.45, 2.75) is 38.4 Å². The summed E-state index contributed by atoms with van der Waals surface area (Å²) in [7, 11) is 6.15. The fourth-order valence-electron chi connectivity index (χ4n) is 4.46. The van der Waals surface area contributed by atoms with Gasteiger partial charge >= 0.3 is 0 Å². The summed E-state index contributed by atoms with van der Waals surface area (Å²) in [4.78, 5) is 19.0. The number of amides is 1. The highest BCUT2D eigenvalue weighted by Crippen LogP contribution is 2.36. The van der Waals surface area contributed by atoms with Crippen LogP contribution in [0.3, 0.4) is 0 Å². The van der Waals surface area contributed by atoms with Crippen LogP contribution in [0.2, 0.25) is 0 Å². The predicted octanol–water partition coefficient (Wildman–Crippen LogP) is 0.793. The second-order valence-electron chi connectivity index (χ2n) is 7.45. The van der Waals surface area contributed by atoms with Crippen LogP contribution >= 0.6 is 0 Å². The van der Waals surface area contributed by atoms with Crippen LogP contribution in [0.5, 0.6) is 0 Å². The van der Waals surface area contributed by atoms with Gasteiger partial charge in [0.05, 0.1) is 6.20 Å². The highest BCUT2D eigenvalue weighted by atomic mass is 16.2. The summed E-state index contributed by atoms with van der Waals surface area (Å²) in [5, 5.41) is 4.26. The van der Waals surface area contributed by atoms with Crippen molar-refractivity contribution >= 4 is 5.91 Å². The molecule has 0 bridgehead atoms. The molecule has 3 atom stereocenters. The molecule has 3 heterocycles. The number of fused-ring (bicyclic) bond motifs is 1. The molecule has 1 aromatic heterocycles. The molecular formula is C17H29N5O. The van der Waals surface area contributed by atoms with Crippen molar-refractivity contribution in [3.63, 3.8) is 0 Å². The molecule has 0 spiro atoms. The van der Waals surface area contributed by atoms with Gasteiger partial charge in [-0.15, -0.1) is 0 Å². The Hall–Kier alpha value is -1.40. The topological polar surface area (TPSA) is 44.6 Å². The van der Waals surface area contributed by atoms with Crippen molar-refractivity contribution in [1.82, 2.24) is 24.5 Å². The lowest BCUT2D eigenvalue weighted by molar-refractivity contribution is -0.133. The van der Waals surface area contributed by atoms with Crippen LogP contribution in [0.4, 0.5) is 0 Å². The fraction of sp³-hybridized carbons (Fsp3) is 0.765. The average Bonchev–Trinajstić information content (AvgIpc) is 3.00. The van der Waals surface area contributed by atoms with Crippen LogP contribution in [-0.4, -0.2) is 76.2 Å². The molecule has 3 rings (SSSR count). The van der Waals surface area contributed by atoms with E-state index in [1.54, 1.807) is 6.92 Å². The average molecular weight is 319 g/mol. The number of rotatable bonds is 4. The third-order valence-corrected chi connectivity index (χ3v) is 5.21. The standard InChI is InChI=1S/C17H29N5O/c1-13(23)22-16(12-19(2)3)7-15-11-21(6-5-17(15)22)10-14-8-18-20(4)9-14/h8-9,15-17H,5-7,10-12H2,1-4H3/t15-,16+,17+/m1/s1. The second kappa shape index (κ2) is 6.61. The number of hydrogen-bond donors (Lipinski definition) is 0. The number of likely N-dealkylation sites (tertiary alicyclic amines) is 2. The maximum Gasteiger partial charge on any atom is 0.219 e. The Kier molecular flexibility index (Phi) is 4.73. The van der Waals surface area contributed by atoms with Crippen molar-refractivity contribution in [3.05, 3.63) is 18.0 Å². The number of aryl methyl sites for hydroxylation is 1. The molecule has 0 aromatic carbocycles. The Labute approximate surface area is 139 Å². The third kappa shape index (κ3) is 3.58. The molecule has 1 amide bonds. The van der Waals surface area contributed by atoms with E-state index in [1.807, 2.05) is 17.9 Å². The zero-order valence-corrected chi connectivity index (χ0v) is 14.8. The minimum Gasteiger partial charge on any atom is -0.335 e. The predicted molar refractivity (Wildman–Crippen MR) is 89.9 cm³/mol. The van der Waals surface area contributed by atoms with Gasteiger partial charge in [-0.25, -0.2) is 0 Å². The van der Waals surface area contributed by atoms with E-state index in [0.717, 1.165) is 39.0 Å².